The third-order valence-corrected chi connectivity index (χ3v) is 2.77. The molecule has 0 amide bonds. The van der Waals surface area contributed by atoms with E-state index < -0.39 is 0 Å². The van der Waals surface area contributed by atoms with Gasteiger partial charge in [-0.1, -0.05) is 32.6 Å². The van der Waals surface area contributed by atoms with Crippen LogP contribution in [0.25, 0.3) is 0 Å². The SMILES string of the molecule is CCCCCCCOc1ncc(Br)cc1N. The average molecular weight is 287 g/mol. The van der Waals surface area contributed by atoms with Gasteiger partial charge >= 0.3 is 0 Å². The predicted molar refractivity (Wildman–Crippen MR) is 70.6 cm³/mol. The minimum Gasteiger partial charge on any atom is -0.476 e. The molecule has 0 fully saturated rings. The largest absolute Gasteiger partial charge is 0.476 e. The van der Waals surface area contributed by atoms with Gasteiger partial charge in [0.2, 0.25) is 5.88 Å². The lowest BCUT2D eigenvalue weighted by Crippen LogP contribution is -2.02. The Hall–Kier alpha value is -0.770. The van der Waals surface area contributed by atoms with E-state index in [1.165, 1.54) is 25.7 Å². The van der Waals surface area contributed by atoms with Gasteiger partial charge in [0.1, 0.15) is 0 Å². The number of unbranched alkanes of at least 4 members (excludes halogenated alkanes) is 4. The van der Waals surface area contributed by atoms with Crippen LogP contribution in [0.5, 0.6) is 5.88 Å². The lowest BCUT2D eigenvalue weighted by atomic mass is 10.2. The van der Waals surface area contributed by atoms with Gasteiger partial charge in [-0.15, -0.1) is 0 Å². The molecular formula is C12H19BrN2O. The molecule has 0 saturated heterocycles. The van der Waals surface area contributed by atoms with E-state index in [1.807, 2.05) is 0 Å². The van der Waals surface area contributed by atoms with Crippen LogP contribution in [0.1, 0.15) is 39.0 Å². The summed E-state index contributed by atoms with van der Waals surface area (Å²) in [6.07, 6.45) is 7.83. The van der Waals surface area contributed by atoms with Crippen molar-refractivity contribution in [2.24, 2.45) is 0 Å². The number of rotatable bonds is 7. The van der Waals surface area contributed by atoms with Crippen LogP contribution in [-0.4, -0.2) is 11.6 Å². The van der Waals surface area contributed by atoms with E-state index in [0.717, 1.165) is 10.9 Å². The minimum absolute atomic E-state index is 0.540. The molecule has 0 unspecified atom stereocenters. The monoisotopic (exact) mass is 286 g/mol. The minimum atomic E-state index is 0.540. The maximum absolute atomic E-state index is 5.77. The lowest BCUT2D eigenvalue weighted by Gasteiger charge is -2.07. The van der Waals surface area contributed by atoms with Gasteiger partial charge in [-0.25, -0.2) is 4.98 Å². The zero-order valence-corrected chi connectivity index (χ0v) is 11.3. The van der Waals surface area contributed by atoms with E-state index >= 15 is 0 Å². The molecule has 0 atom stereocenters. The third-order valence-electron chi connectivity index (χ3n) is 2.33. The van der Waals surface area contributed by atoms with Crippen molar-refractivity contribution in [3.63, 3.8) is 0 Å². The van der Waals surface area contributed by atoms with Crippen LogP contribution < -0.4 is 10.5 Å². The number of hydrogen-bond donors (Lipinski definition) is 1. The van der Waals surface area contributed by atoms with Crippen LogP contribution in [-0.2, 0) is 0 Å². The Labute approximate surface area is 106 Å². The van der Waals surface area contributed by atoms with Gasteiger partial charge in [0.25, 0.3) is 0 Å². The summed E-state index contributed by atoms with van der Waals surface area (Å²) in [4.78, 5) is 4.12. The van der Waals surface area contributed by atoms with E-state index in [-0.39, 0.29) is 0 Å². The van der Waals surface area contributed by atoms with Crippen LogP contribution >= 0.6 is 15.9 Å². The molecule has 0 bridgehead atoms. The highest BCUT2D eigenvalue weighted by molar-refractivity contribution is 9.10. The molecule has 16 heavy (non-hydrogen) atoms. The summed E-state index contributed by atoms with van der Waals surface area (Å²) in [5.74, 6) is 0.540. The Balaban J connectivity index is 2.21. The predicted octanol–water partition coefficient (Wildman–Crippen LogP) is 3.78. The van der Waals surface area contributed by atoms with Crippen molar-refractivity contribution in [3.8, 4) is 5.88 Å². The highest BCUT2D eigenvalue weighted by Gasteiger charge is 2.02. The molecule has 0 aliphatic heterocycles. The van der Waals surface area contributed by atoms with E-state index in [0.29, 0.717) is 18.2 Å². The fourth-order valence-corrected chi connectivity index (χ4v) is 1.79. The van der Waals surface area contributed by atoms with Gasteiger partial charge in [-0.05, 0) is 28.4 Å². The average Bonchev–Trinajstić information content (AvgIpc) is 2.26. The lowest BCUT2D eigenvalue weighted by molar-refractivity contribution is 0.295. The number of nitrogens with two attached hydrogens (primary N) is 1. The van der Waals surface area contributed by atoms with Gasteiger partial charge in [-0.2, -0.15) is 0 Å². The Kier molecular flexibility index (Phi) is 6.23. The maximum Gasteiger partial charge on any atom is 0.237 e. The Bertz CT molecular complexity index is 318. The second-order valence-electron chi connectivity index (χ2n) is 3.81. The summed E-state index contributed by atoms with van der Waals surface area (Å²) in [6, 6.07) is 1.80. The fourth-order valence-electron chi connectivity index (χ4n) is 1.44. The van der Waals surface area contributed by atoms with E-state index in [1.54, 1.807) is 12.3 Å². The van der Waals surface area contributed by atoms with Crippen molar-refractivity contribution in [1.82, 2.24) is 4.98 Å². The second-order valence-corrected chi connectivity index (χ2v) is 4.73. The van der Waals surface area contributed by atoms with Crippen LogP contribution in [0, 0.1) is 0 Å². The highest BCUT2D eigenvalue weighted by atomic mass is 79.9. The molecule has 0 aliphatic rings. The molecule has 1 rings (SSSR count). The van der Waals surface area contributed by atoms with Crippen LogP contribution in [0.4, 0.5) is 5.69 Å². The van der Waals surface area contributed by atoms with Gasteiger partial charge in [-0.3, -0.25) is 0 Å². The number of halogens is 1. The van der Waals surface area contributed by atoms with E-state index in [9.17, 15) is 0 Å². The summed E-state index contributed by atoms with van der Waals surface area (Å²) in [5, 5.41) is 0. The smallest absolute Gasteiger partial charge is 0.237 e. The molecule has 90 valence electrons. The zero-order chi connectivity index (χ0) is 11.8. The van der Waals surface area contributed by atoms with Crippen molar-refractivity contribution >= 4 is 21.6 Å². The van der Waals surface area contributed by atoms with Gasteiger partial charge in [0.15, 0.2) is 0 Å². The van der Waals surface area contributed by atoms with Crippen molar-refractivity contribution in [2.45, 2.75) is 39.0 Å². The van der Waals surface area contributed by atoms with Crippen molar-refractivity contribution in [3.05, 3.63) is 16.7 Å². The Morgan fingerprint density at radius 1 is 1.31 bits per heavy atom. The highest BCUT2D eigenvalue weighted by Crippen LogP contribution is 2.22. The maximum atomic E-state index is 5.77. The van der Waals surface area contributed by atoms with Gasteiger partial charge in [0, 0.05) is 10.7 Å². The summed E-state index contributed by atoms with van der Waals surface area (Å²) < 4.78 is 6.39. The van der Waals surface area contributed by atoms with E-state index in [2.05, 4.69) is 27.8 Å². The first-order valence-electron chi connectivity index (χ1n) is 5.78. The molecule has 1 aromatic heterocycles. The van der Waals surface area contributed by atoms with Crippen molar-refractivity contribution in [1.29, 1.82) is 0 Å². The zero-order valence-electron chi connectivity index (χ0n) is 9.71. The molecule has 0 aliphatic carbocycles. The first-order chi connectivity index (χ1) is 7.74. The molecular weight excluding hydrogens is 268 g/mol. The molecule has 3 nitrogen and oxygen atoms in total. The standard InChI is InChI=1S/C12H19BrN2O/c1-2-3-4-5-6-7-16-12-11(14)8-10(13)9-15-12/h8-9H,2-7,14H2,1H3. The summed E-state index contributed by atoms with van der Waals surface area (Å²) in [6.45, 7) is 2.91. The van der Waals surface area contributed by atoms with Crippen molar-refractivity contribution < 1.29 is 4.74 Å². The summed E-state index contributed by atoms with van der Waals surface area (Å²) >= 11 is 3.31. The number of aromatic nitrogens is 1. The van der Waals surface area contributed by atoms with Gasteiger partial charge < -0.3 is 10.5 Å². The third kappa shape index (κ3) is 4.84. The first kappa shape index (κ1) is 13.3. The molecule has 1 heterocycles. The molecule has 0 spiro atoms. The first-order valence-corrected chi connectivity index (χ1v) is 6.57. The molecule has 0 aromatic carbocycles. The van der Waals surface area contributed by atoms with E-state index in [4.69, 9.17) is 10.5 Å². The van der Waals surface area contributed by atoms with Crippen LogP contribution in [0.2, 0.25) is 0 Å². The number of anilines is 1. The Morgan fingerprint density at radius 3 is 2.75 bits per heavy atom. The number of pyridine rings is 1. The Morgan fingerprint density at radius 2 is 2.06 bits per heavy atom. The molecule has 1 aromatic rings. The normalized spacial score (nSPS) is 10.4. The summed E-state index contributed by atoms with van der Waals surface area (Å²) in [5.41, 5.74) is 6.35. The number of ether oxygens (including phenoxy) is 1. The number of nitrogens with zero attached hydrogens (tertiary/aromatic N) is 1. The molecule has 0 radical (unpaired) electrons. The summed E-state index contributed by atoms with van der Waals surface area (Å²) in [7, 11) is 0. The fraction of sp³-hybridized carbons (Fsp3) is 0.583. The van der Waals surface area contributed by atoms with Crippen molar-refractivity contribution in [2.75, 3.05) is 12.3 Å². The molecule has 4 heteroatoms. The van der Waals surface area contributed by atoms with Crippen LogP contribution in [0.15, 0.2) is 16.7 Å². The topological polar surface area (TPSA) is 48.1 Å². The number of nitrogen functional groups attached to an aromatic ring is 1. The quantitative estimate of drug-likeness (QED) is 0.776. The van der Waals surface area contributed by atoms with Gasteiger partial charge in [0.05, 0.1) is 12.3 Å². The van der Waals surface area contributed by atoms with Crippen LogP contribution in [0.3, 0.4) is 0 Å². The molecule has 2 N–H and O–H groups in total. The number of hydrogen-bond acceptors (Lipinski definition) is 3. The second kappa shape index (κ2) is 7.49. The molecule has 0 saturated carbocycles.